The SMILES string of the molecule is CC(C)c1ccc(NC(=O)c2nc(N)n[nH]2)c(C(C)C)c1. The molecule has 1 heterocycles. The van der Waals surface area contributed by atoms with Gasteiger partial charge in [0, 0.05) is 5.69 Å². The number of anilines is 2. The fourth-order valence-electron chi connectivity index (χ4n) is 2.09. The molecule has 4 N–H and O–H groups in total. The van der Waals surface area contributed by atoms with E-state index < -0.39 is 0 Å². The number of nitrogen functional groups attached to an aromatic ring is 1. The number of amides is 1. The second kappa shape index (κ2) is 5.95. The molecule has 0 saturated carbocycles. The molecule has 6 nitrogen and oxygen atoms in total. The first kappa shape index (κ1) is 15.0. The van der Waals surface area contributed by atoms with E-state index >= 15 is 0 Å². The molecule has 112 valence electrons. The summed E-state index contributed by atoms with van der Waals surface area (Å²) in [5.41, 5.74) is 8.54. The van der Waals surface area contributed by atoms with E-state index in [0.29, 0.717) is 11.8 Å². The molecule has 0 aliphatic heterocycles. The lowest BCUT2D eigenvalue weighted by Gasteiger charge is -2.16. The van der Waals surface area contributed by atoms with Gasteiger partial charge in [-0.3, -0.25) is 9.89 Å². The minimum Gasteiger partial charge on any atom is -0.366 e. The first-order valence-corrected chi connectivity index (χ1v) is 7.01. The standard InChI is InChI=1S/C15H21N5O/c1-8(2)10-5-6-12(11(7-10)9(3)4)17-14(21)13-18-15(16)20-19-13/h5-9H,1-4H3,(H,17,21)(H3,16,18,19,20). The number of rotatable bonds is 4. The lowest BCUT2D eigenvalue weighted by atomic mass is 9.94. The van der Waals surface area contributed by atoms with Crippen molar-refractivity contribution < 1.29 is 4.79 Å². The second-order valence-corrected chi connectivity index (χ2v) is 5.65. The Balaban J connectivity index is 2.29. The Kier molecular flexibility index (Phi) is 4.26. The van der Waals surface area contributed by atoms with E-state index in [1.165, 1.54) is 5.56 Å². The number of aromatic amines is 1. The van der Waals surface area contributed by atoms with Gasteiger partial charge in [-0.1, -0.05) is 39.8 Å². The van der Waals surface area contributed by atoms with Crippen molar-refractivity contribution in [3.63, 3.8) is 0 Å². The van der Waals surface area contributed by atoms with Crippen LogP contribution in [0.25, 0.3) is 0 Å². The van der Waals surface area contributed by atoms with E-state index in [-0.39, 0.29) is 17.7 Å². The summed E-state index contributed by atoms with van der Waals surface area (Å²) < 4.78 is 0. The van der Waals surface area contributed by atoms with Crippen LogP contribution in [0.1, 0.15) is 61.3 Å². The third kappa shape index (κ3) is 3.39. The molecule has 1 amide bonds. The van der Waals surface area contributed by atoms with Crippen LogP contribution in [0.5, 0.6) is 0 Å². The summed E-state index contributed by atoms with van der Waals surface area (Å²) in [5.74, 6) is 0.563. The van der Waals surface area contributed by atoms with E-state index in [0.717, 1.165) is 11.3 Å². The van der Waals surface area contributed by atoms with E-state index in [2.05, 4.69) is 54.3 Å². The fourth-order valence-corrected chi connectivity index (χ4v) is 2.09. The average Bonchev–Trinajstić information content (AvgIpc) is 2.85. The van der Waals surface area contributed by atoms with Crippen LogP contribution in [0.4, 0.5) is 11.6 Å². The number of aromatic nitrogens is 3. The van der Waals surface area contributed by atoms with Gasteiger partial charge in [0.2, 0.25) is 11.8 Å². The van der Waals surface area contributed by atoms with Crippen molar-refractivity contribution in [1.82, 2.24) is 15.2 Å². The van der Waals surface area contributed by atoms with Crippen molar-refractivity contribution in [1.29, 1.82) is 0 Å². The summed E-state index contributed by atoms with van der Waals surface area (Å²) in [5, 5.41) is 9.02. The van der Waals surface area contributed by atoms with Crippen LogP contribution in [-0.2, 0) is 0 Å². The molecule has 0 aliphatic rings. The van der Waals surface area contributed by atoms with Crippen molar-refractivity contribution in [2.45, 2.75) is 39.5 Å². The van der Waals surface area contributed by atoms with Gasteiger partial charge in [-0.25, -0.2) is 0 Å². The molecule has 0 spiro atoms. The van der Waals surface area contributed by atoms with Crippen LogP contribution in [0.15, 0.2) is 18.2 Å². The zero-order valence-corrected chi connectivity index (χ0v) is 12.8. The van der Waals surface area contributed by atoms with Gasteiger partial charge in [0.05, 0.1) is 0 Å². The summed E-state index contributed by atoms with van der Waals surface area (Å²) in [6.45, 7) is 8.49. The second-order valence-electron chi connectivity index (χ2n) is 5.65. The van der Waals surface area contributed by atoms with Crippen molar-refractivity contribution >= 4 is 17.5 Å². The lowest BCUT2D eigenvalue weighted by molar-refractivity contribution is 0.101. The van der Waals surface area contributed by atoms with E-state index in [4.69, 9.17) is 5.73 Å². The first-order chi connectivity index (χ1) is 9.88. The molecule has 1 aromatic heterocycles. The Morgan fingerprint density at radius 3 is 2.48 bits per heavy atom. The van der Waals surface area contributed by atoms with Gasteiger partial charge in [-0.05, 0) is 29.0 Å². The lowest BCUT2D eigenvalue weighted by Crippen LogP contribution is -2.15. The van der Waals surface area contributed by atoms with Gasteiger partial charge in [0.15, 0.2) is 0 Å². The molecule has 1 aromatic carbocycles. The van der Waals surface area contributed by atoms with E-state index in [1.54, 1.807) is 0 Å². The largest absolute Gasteiger partial charge is 0.366 e. The predicted molar refractivity (Wildman–Crippen MR) is 83.4 cm³/mol. The molecule has 0 atom stereocenters. The summed E-state index contributed by atoms with van der Waals surface area (Å²) in [6.07, 6.45) is 0. The minimum atomic E-state index is -0.349. The number of nitrogens with two attached hydrogens (primary N) is 1. The molecule has 0 radical (unpaired) electrons. The molecular weight excluding hydrogens is 266 g/mol. The van der Waals surface area contributed by atoms with Gasteiger partial charge in [-0.2, -0.15) is 4.98 Å². The third-order valence-corrected chi connectivity index (χ3v) is 3.33. The monoisotopic (exact) mass is 287 g/mol. The van der Waals surface area contributed by atoms with Crippen LogP contribution in [0, 0.1) is 0 Å². The Morgan fingerprint density at radius 2 is 1.95 bits per heavy atom. The molecule has 0 aliphatic carbocycles. The Morgan fingerprint density at radius 1 is 1.24 bits per heavy atom. The summed E-state index contributed by atoms with van der Waals surface area (Å²) in [7, 11) is 0. The first-order valence-electron chi connectivity index (χ1n) is 7.01. The highest BCUT2D eigenvalue weighted by atomic mass is 16.2. The molecule has 0 unspecified atom stereocenters. The number of nitrogens with zero attached hydrogens (tertiary/aromatic N) is 2. The molecule has 21 heavy (non-hydrogen) atoms. The highest BCUT2D eigenvalue weighted by Crippen LogP contribution is 2.28. The van der Waals surface area contributed by atoms with Gasteiger partial charge < -0.3 is 11.1 Å². The van der Waals surface area contributed by atoms with Crippen LogP contribution >= 0.6 is 0 Å². The smallest absolute Gasteiger partial charge is 0.293 e. The quantitative estimate of drug-likeness (QED) is 0.805. The van der Waals surface area contributed by atoms with Gasteiger partial charge >= 0.3 is 0 Å². The number of benzene rings is 1. The number of hydrogen-bond donors (Lipinski definition) is 3. The summed E-state index contributed by atoms with van der Waals surface area (Å²) >= 11 is 0. The van der Waals surface area contributed by atoms with E-state index in [1.807, 2.05) is 12.1 Å². The maximum absolute atomic E-state index is 12.1. The maximum Gasteiger partial charge on any atom is 0.293 e. The highest BCUT2D eigenvalue weighted by Gasteiger charge is 2.15. The van der Waals surface area contributed by atoms with Crippen molar-refractivity contribution in [2.24, 2.45) is 0 Å². The van der Waals surface area contributed by atoms with Gasteiger partial charge in [0.1, 0.15) is 0 Å². The number of hydrogen-bond acceptors (Lipinski definition) is 4. The van der Waals surface area contributed by atoms with Crippen LogP contribution in [-0.4, -0.2) is 21.1 Å². The number of H-pyrrole nitrogens is 1. The molecule has 0 saturated heterocycles. The number of nitrogens with one attached hydrogen (secondary N) is 2. The minimum absolute atomic E-state index is 0.0550. The zero-order chi connectivity index (χ0) is 15.6. The topological polar surface area (TPSA) is 96.7 Å². The molecule has 0 fully saturated rings. The average molecular weight is 287 g/mol. The zero-order valence-electron chi connectivity index (χ0n) is 12.8. The Labute approximate surface area is 124 Å². The molecule has 0 bridgehead atoms. The fraction of sp³-hybridized carbons (Fsp3) is 0.400. The highest BCUT2D eigenvalue weighted by molar-refractivity contribution is 6.02. The third-order valence-electron chi connectivity index (χ3n) is 3.33. The molecule has 2 rings (SSSR count). The van der Waals surface area contributed by atoms with Crippen molar-refractivity contribution in [3.8, 4) is 0 Å². The predicted octanol–water partition coefficient (Wildman–Crippen LogP) is 2.89. The maximum atomic E-state index is 12.1. The van der Waals surface area contributed by atoms with Crippen LogP contribution in [0.2, 0.25) is 0 Å². The van der Waals surface area contributed by atoms with E-state index in [9.17, 15) is 4.79 Å². The van der Waals surface area contributed by atoms with Crippen LogP contribution in [0.3, 0.4) is 0 Å². The Bertz CT molecular complexity index is 645. The Hall–Kier alpha value is -2.37. The van der Waals surface area contributed by atoms with Crippen molar-refractivity contribution in [3.05, 3.63) is 35.2 Å². The van der Waals surface area contributed by atoms with Crippen molar-refractivity contribution in [2.75, 3.05) is 11.1 Å². The number of carbonyl (C=O) groups excluding carboxylic acids is 1. The van der Waals surface area contributed by atoms with Gasteiger partial charge in [0.25, 0.3) is 5.91 Å². The summed E-state index contributed by atoms with van der Waals surface area (Å²) in [6, 6.07) is 6.10. The number of carbonyl (C=O) groups is 1. The van der Waals surface area contributed by atoms with Crippen LogP contribution < -0.4 is 11.1 Å². The summed E-state index contributed by atoms with van der Waals surface area (Å²) in [4.78, 5) is 15.9. The van der Waals surface area contributed by atoms with Gasteiger partial charge in [-0.15, -0.1) is 5.10 Å². The molecule has 2 aromatic rings. The molecule has 6 heteroatoms. The normalized spacial score (nSPS) is 11.1. The molecular formula is C15H21N5O.